The summed E-state index contributed by atoms with van der Waals surface area (Å²) in [6.07, 6.45) is 3.07. The summed E-state index contributed by atoms with van der Waals surface area (Å²) in [5, 5.41) is 0. The molecule has 6 nitrogen and oxygen atoms in total. The van der Waals surface area contributed by atoms with E-state index in [1.165, 1.54) is 0 Å². The van der Waals surface area contributed by atoms with Gasteiger partial charge in [0.05, 0.1) is 25.2 Å². The quantitative estimate of drug-likeness (QED) is 0.759. The molecule has 0 bridgehead atoms. The van der Waals surface area contributed by atoms with Gasteiger partial charge < -0.3 is 19.3 Å². The third-order valence-corrected chi connectivity index (χ3v) is 6.47. The predicted molar refractivity (Wildman–Crippen MR) is 116 cm³/mol. The Bertz CT molecular complexity index is 961. The number of benzene rings is 2. The molecule has 2 atom stereocenters. The zero-order valence-corrected chi connectivity index (χ0v) is 17.7. The van der Waals surface area contributed by atoms with E-state index in [1.54, 1.807) is 0 Å². The van der Waals surface area contributed by atoms with Crippen LogP contribution < -0.4 is 9.47 Å². The molecule has 0 aromatic heterocycles. The molecule has 2 aromatic rings. The predicted octanol–water partition coefficient (Wildman–Crippen LogP) is 3.56. The van der Waals surface area contributed by atoms with Crippen LogP contribution in [0.5, 0.6) is 11.5 Å². The van der Waals surface area contributed by atoms with E-state index in [9.17, 15) is 9.59 Å². The average molecular weight is 421 g/mol. The van der Waals surface area contributed by atoms with Gasteiger partial charge in [-0.3, -0.25) is 9.59 Å². The van der Waals surface area contributed by atoms with Crippen LogP contribution in [-0.4, -0.2) is 47.9 Å². The molecule has 162 valence electrons. The second kappa shape index (κ2) is 8.61. The monoisotopic (exact) mass is 420 g/mol. The number of hydrogen-bond acceptors (Lipinski definition) is 4. The smallest absolute Gasteiger partial charge is 0.228 e. The van der Waals surface area contributed by atoms with Crippen LogP contribution in [0.4, 0.5) is 0 Å². The van der Waals surface area contributed by atoms with Crippen molar-refractivity contribution in [2.75, 3.05) is 26.3 Å². The Morgan fingerprint density at radius 1 is 1.00 bits per heavy atom. The zero-order valence-electron chi connectivity index (χ0n) is 17.7. The fourth-order valence-electron chi connectivity index (χ4n) is 4.89. The molecule has 0 saturated carbocycles. The van der Waals surface area contributed by atoms with Crippen molar-refractivity contribution in [1.82, 2.24) is 9.80 Å². The highest BCUT2D eigenvalue weighted by Gasteiger charge is 2.40. The van der Waals surface area contributed by atoms with Crippen molar-refractivity contribution in [2.45, 2.75) is 38.3 Å². The molecule has 0 N–H and O–H groups in total. The summed E-state index contributed by atoms with van der Waals surface area (Å²) >= 11 is 0. The molecule has 5 rings (SSSR count). The molecular formula is C25H28N2O4. The number of rotatable bonds is 4. The lowest BCUT2D eigenvalue weighted by Crippen LogP contribution is -2.37. The van der Waals surface area contributed by atoms with E-state index in [2.05, 4.69) is 0 Å². The first kappa shape index (κ1) is 19.9. The van der Waals surface area contributed by atoms with E-state index in [1.807, 2.05) is 58.3 Å². The van der Waals surface area contributed by atoms with Crippen LogP contribution in [0.25, 0.3) is 0 Å². The molecule has 3 heterocycles. The molecule has 2 unspecified atom stereocenters. The third-order valence-electron chi connectivity index (χ3n) is 6.47. The lowest BCUT2D eigenvalue weighted by atomic mass is 10.0. The van der Waals surface area contributed by atoms with Gasteiger partial charge in [0, 0.05) is 32.5 Å². The van der Waals surface area contributed by atoms with Crippen molar-refractivity contribution in [3.05, 3.63) is 59.7 Å². The molecule has 31 heavy (non-hydrogen) atoms. The number of hydrogen-bond donors (Lipinski definition) is 0. The minimum absolute atomic E-state index is 0.0305. The van der Waals surface area contributed by atoms with Gasteiger partial charge in [-0.1, -0.05) is 36.4 Å². The van der Waals surface area contributed by atoms with Crippen LogP contribution in [0.3, 0.4) is 0 Å². The average Bonchev–Trinajstić information content (AvgIpc) is 3.34. The fraction of sp³-hybridized carbons (Fsp3) is 0.440. The number of carbonyl (C=O) groups is 2. The molecule has 0 aliphatic carbocycles. The highest BCUT2D eigenvalue weighted by Crippen LogP contribution is 2.39. The maximum absolute atomic E-state index is 13.4. The van der Waals surface area contributed by atoms with Crippen molar-refractivity contribution in [2.24, 2.45) is 5.92 Å². The standard InChI is InChI=1S/C25H28N2O4/c28-24-15-20(17-26(24)16-18-6-2-1-3-7-18)25(29)27-11-4-8-21(27)19-9-10-22-23(14-19)31-13-5-12-30-22/h1-3,6-7,9-10,14,20-21H,4-5,8,11-13,15-17H2. The number of nitrogens with zero attached hydrogens (tertiary/aromatic N) is 2. The van der Waals surface area contributed by atoms with E-state index in [0.29, 0.717) is 32.7 Å². The maximum atomic E-state index is 13.4. The number of likely N-dealkylation sites (tertiary alicyclic amines) is 2. The summed E-state index contributed by atoms with van der Waals surface area (Å²) in [4.78, 5) is 29.8. The lowest BCUT2D eigenvalue weighted by Gasteiger charge is -2.28. The Labute approximate surface area is 182 Å². The van der Waals surface area contributed by atoms with Crippen LogP contribution in [0.1, 0.15) is 42.9 Å². The third kappa shape index (κ3) is 4.11. The van der Waals surface area contributed by atoms with Gasteiger partial charge in [0.15, 0.2) is 11.5 Å². The van der Waals surface area contributed by atoms with E-state index < -0.39 is 0 Å². The van der Waals surface area contributed by atoms with Crippen LogP contribution in [0, 0.1) is 5.92 Å². The highest BCUT2D eigenvalue weighted by molar-refractivity contribution is 5.89. The van der Waals surface area contributed by atoms with Crippen LogP contribution >= 0.6 is 0 Å². The van der Waals surface area contributed by atoms with E-state index >= 15 is 0 Å². The highest BCUT2D eigenvalue weighted by atomic mass is 16.5. The summed E-state index contributed by atoms with van der Waals surface area (Å²) in [6, 6.07) is 16.0. The second-order valence-electron chi connectivity index (χ2n) is 8.61. The van der Waals surface area contributed by atoms with Crippen LogP contribution in [0.2, 0.25) is 0 Å². The number of amides is 2. The summed E-state index contributed by atoms with van der Waals surface area (Å²) in [6.45, 7) is 3.11. The molecular weight excluding hydrogens is 392 g/mol. The Hall–Kier alpha value is -3.02. The second-order valence-corrected chi connectivity index (χ2v) is 8.61. The summed E-state index contributed by atoms with van der Waals surface area (Å²) < 4.78 is 11.6. The minimum atomic E-state index is -0.266. The number of ether oxygens (including phenoxy) is 2. The topological polar surface area (TPSA) is 59.1 Å². The van der Waals surface area contributed by atoms with Gasteiger partial charge in [0.2, 0.25) is 11.8 Å². The van der Waals surface area contributed by atoms with Crippen molar-refractivity contribution < 1.29 is 19.1 Å². The summed E-state index contributed by atoms with van der Waals surface area (Å²) in [5.74, 6) is 1.43. The Kier molecular flexibility index (Phi) is 5.53. The van der Waals surface area contributed by atoms with E-state index in [4.69, 9.17) is 9.47 Å². The van der Waals surface area contributed by atoms with Crippen LogP contribution in [-0.2, 0) is 16.1 Å². The van der Waals surface area contributed by atoms with Crippen molar-refractivity contribution in [3.8, 4) is 11.5 Å². The fourth-order valence-corrected chi connectivity index (χ4v) is 4.89. The van der Waals surface area contributed by atoms with Gasteiger partial charge in [-0.2, -0.15) is 0 Å². The van der Waals surface area contributed by atoms with Crippen molar-refractivity contribution >= 4 is 11.8 Å². The Balaban J connectivity index is 1.29. The van der Waals surface area contributed by atoms with Gasteiger partial charge >= 0.3 is 0 Å². The molecule has 2 amide bonds. The molecule has 2 fully saturated rings. The van der Waals surface area contributed by atoms with Gasteiger partial charge in [-0.15, -0.1) is 0 Å². The summed E-state index contributed by atoms with van der Waals surface area (Å²) in [5.41, 5.74) is 2.18. The molecule has 6 heteroatoms. The van der Waals surface area contributed by atoms with Gasteiger partial charge in [0.25, 0.3) is 0 Å². The Morgan fingerprint density at radius 3 is 2.65 bits per heavy atom. The van der Waals surface area contributed by atoms with Crippen LogP contribution in [0.15, 0.2) is 48.5 Å². The first-order valence-corrected chi connectivity index (χ1v) is 11.2. The lowest BCUT2D eigenvalue weighted by molar-refractivity contribution is -0.136. The molecule has 2 aromatic carbocycles. The molecule has 3 aliphatic rings. The molecule has 3 aliphatic heterocycles. The van der Waals surface area contributed by atoms with Crippen molar-refractivity contribution in [1.29, 1.82) is 0 Å². The largest absolute Gasteiger partial charge is 0.490 e. The van der Waals surface area contributed by atoms with Gasteiger partial charge in [-0.05, 0) is 36.1 Å². The van der Waals surface area contributed by atoms with Gasteiger partial charge in [-0.25, -0.2) is 0 Å². The molecule has 2 saturated heterocycles. The SMILES string of the molecule is O=C1CC(C(=O)N2CCCC2c2ccc3c(c2)OCCCO3)CN1Cc1ccccc1. The minimum Gasteiger partial charge on any atom is -0.490 e. The molecule has 0 radical (unpaired) electrons. The first-order valence-electron chi connectivity index (χ1n) is 11.2. The summed E-state index contributed by atoms with van der Waals surface area (Å²) in [7, 11) is 0. The number of carbonyl (C=O) groups excluding carboxylic acids is 2. The first-order chi connectivity index (χ1) is 15.2. The van der Waals surface area contributed by atoms with E-state index in [-0.39, 0.29) is 23.8 Å². The normalized spacial score (nSPS) is 23.2. The molecule has 0 spiro atoms. The zero-order chi connectivity index (χ0) is 21.2. The van der Waals surface area contributed by atoms with E-state index in [0.717, 1.165) is 48.4 Å². The maximum Gasteiger partial charge on any atom is 0.228 e. The number of fused-ring (bicyclic) bond motifs is 1. The Morgan fingerprint density at radius 2 is 1.81 bits per heavy atom. The van der Waals surface area contributed by atoms with Gasteiger partial charge in [0.1, 0.15) is 0 Å². The van der Waals surface area contributed by atoms with Crippen molar-refractivity contribution in [3.63, 3.8) is 0 Å².